The molecule has 0 bridgehead atoms. The number of piperidine rings is 1. The van der Waals surface area contributed by atoms with Gasteiger partial charge in [-0.3, -0.25) is 9.69 Å². The van der Waals surface area contributed by atoms with E-state index in [0.29, 0.717) is 17.2 Å². The lowest BCUT2D eigenvalue weighted by atomic mass is 9.77. The number of carboxylic acid groups (broad SMARTS) is 1. The molecule has 0 unspecified atom stereocenters. The van der Waals surface area contributed by atoms with E-state index in [-0.39, 0.29) is 0 Å². The van der Waals surface area contributed by atoms with Gasteiger partial charge in [-0.2, -0.15) is 13.2 Å². The number of carbonyl (C=O) groups excluding carboxylic acids is 1. The second kappa shape index (κ2) is 10.1. The molecule has 0 atom stereocenters. The summed E-state index contributed by atoms with van der Waals surface area (Å²) in [5.41, 5.74) is 1.72. The van der Waals surface area contributed by atoms with E-state index in [0.717, 1.165) is 44.9 Å². The third kappa shape index (κ3) is 6.85. The lowest BCUT2D eigenvalue weighted by Crippen LogP contribution is -2.42. The van der Waals surface area contributed by atoms with Gasteiger partial charge in [0, 0.05) is 26.1 Å². The smallest absolute Gasteiger partial charge is 0.490 e. The molecule has 9 heteroatoms. The fourth-order valence-corrected chi connectivity index (χ4v) is 4.47. The number of halogens is 3. The Labute approximate surface area is 186 Å². The van der Waals surface area contributed by atoms with Crippen molar-refractivity contribution in [2.45, 2.75) is 51.2 Å². The number of ether oxygens (including phenoxy) is 1. The van der Waals surface area contributed by atoms with Crippen molar-refractivity contribution in [3.05, 3.63) is 29.8 Å². The van der Waals surface area contributed by atoms with Crippen molar-refractivity contribution < 1.29 is 32.6 Å². The number of rotatable bonds is 5. The monoisotopic (exact) mass is 456 g/mol. The molecule has 0 radical (unpaired) electrons. The molecule has 6 nitrogen and oxygen atoms in total. The van der Waals surface area contributed by atoms with Crippen LogP contribution in [0.25, 0.3) is 0 Å². The number of nitrogens with zero attached hydrogens (tertiary/aromatic N) is 2. The number of aliphatic carboxylic acids is 1. The Hall–Kier alpha value is -2.29. The number of carbonyl (C=O) groups is 2. The number of carboxylic acids is 1. The zero-order valence-electron chi connectivity index (χ0n) is 18.4. The van der Waals surface area contributed by atoms with Gasteiger partial charge in [0.15, 0.2) is 0 Å². The molecule has 3 aliphatic rings. The van der Waals surface area contributed by atoms with Crippen molar-refractivity contribution in [1.29, 1.82) is 0 Å². The molecule has 3 fully saturated rings. The fraction of sp³-hybridized carbons (Fsp3) is 0.652. The van der Waals surface area contributed by atoms with Crippen molar-refractivity contribution in [3.63, 3.8) is 0 Å². The summed E-state index contributed by atoms with van der Waals surface area (Å²) in [6.07, 6.45) is 1.91. The summed E-state index contributed by atoms with van der Waals surface area (Å²) in [6, 6.07) is 8.39. The zero-order valence-corrected chi connectivity index (χ0v) is 18.4. The van der Waals surface area contributed by atoms with Crippen LogP contribution in [0.5, 0.6) is 5.75 Å². The lowest BCUT2D eigenvalue weighted by molar-refractivity contribution is -0.192. The van der Waals surface area contributed by atoms with Crippen molar-refractivity contribution in [2.24, 2.45) is 11.3 Å². The third-order valence-corrected chi connectivity index (χ3v) is 6.65. The standard InChI is InChI=1S/C21H30N2O2.C2HF3O2/c1-25-19-4-2-3-18(13-19)15-22-10-7-21(8-11-22)9-12-23(16-21)20(24)14-17-5-6-17;3-2(4,5)1(6)7/h2-4,13,17H,5-12,14-16H2,1H3;(H,6,7). The first-order valence-electron chi connectivity index (χ1n) is 11.0. The molecule has 1 aromatic rings. The molecule has 0 aromatic heterocycles. The number of likely N-dealkylation sites (tertiary alicyclic amines) is 2. The van der Waals surface area contributed by atoms with Crippen LogP contribution in [-0.4, -0.2) is 66.2 Å². The highest BCUT2D eigenvalue weighted by Crippen LogP contribution is 2.42. The van der Waals surface area contributed by atoms with Crippen molar-refractivity contribution in [3.8, 4) is 5.75 Å². The van der Waals surface area contributed by atoms with E-state index < -0.39 is 12.1 Å². The maximum absolute atomic E-state index is 12.4. The van der Waals surface area contributed by atoms with Gasteiger partial charge in [0.1, 0.15) is 5.75 Å². The van der Waals surface area contributed by atoms with E-state index in [1.165, 1.54) is 37.7 Å². The molecule has 1 spiro atoms. The summed E-state index contributed by atoms with van der Waals surface area (Å²) in [4.78, 5) is 26.0. The largest absolute Gasteiger partial charge is 0.497 e. The SMILES string of the molecule is COc1cccc(CN2CCC3(CC2)CCN(C(=O)CC2CC2)C3)c1.O=C(O)C(F)(F)F. The number of benzene rings is 1. The van der Waals surface area contributed by atoms with Crippen LogP contribution in [0.15, 0.2) is 24.3 Å². The van der Waals surface area contributed by atoms with Gasteiger partial charge in [-0.15, -0.1) is 0 Å². The van der Waals surface area contributed by atoms with Crippen LogP contribution in [0.1, 0.15) is 44.1 Å². The maximum Gasteiger partial charge on any atom is 0.490 e. The molecule has 178 valence electrons. The summed E-state index contributed by atoms with van der Waals surface area (Å²) < 4.78 is 37.1. The summed E-state index contributed by atoms with van der Waals surface area (Å²) in [5, 5.41) is 7.12. The summed E-state index contributed by atoms with van der Waals surface area (Å²) in [6.45, 7) is 5.27. The molecule has 2 heterocycles. The van der Waals surface area contributed by atoms with Crippen LogP contribution in [-0.2, 0) is 16.1 Å². The van der Waals surface area contributed by atoms with Crippen molar-refractivity contribution in [2.75, 3.05) is 33.3 Å². The Morgan fingerprint density at radius 1 is 1.16 bits per heavy atom. The number of methoxy groups -OCH3 is 1. The number of hydrogen-bond acceptors (Lipinski definition) is 4. The number of amides is 1. The number of hydrogen-bond donors (Lipinski definition) is 1. The van der Waals surface area contributed by atoms with E-state index >= 15 is 0 Å². The van der Waals surface area contributed by atoms with Crippen LogP contribution >= 0.6 is 0 Å². The minimum atomic E-state index is -5.08. The van der Waals surface area contributed by atoms with Crippen LogP contribution < -0.4 is 4.74 Å². The van der Waals surface area contributed by atoms with Gasteiger partial charge in [0.05, 0.1) is 7.11 Å². The van der Waals surface area contributed by atoms with E-state index in [1.807, 2.05) is 6.07 Å². The van der Waals surface area contributed by atoms with Gasteiger partial charge in [-0.1, -0.05) is 12.1 Å². The molecule has 1 amide bonds. The van der Waals surface area contributed by atoms with E-state index in [9.17, 15) is 18.0 Å². The quantitative estimate of drug-likeness (QED) is 0.727. The van der Waals surface area contributed by atoms with E-state index in [4.69, 9.17) is 14.6 Å². The minimum Gasteiger partial charge on any atom is -0.497 e. The summed E-state index contributed by atoms with van der Waals surface area (Å²) in [7, 11) is 1.72. The third-order valence-electron chi connectivity index (χ3n) is 6.65. The lowest BCUT2D eigenvalue weighted by Gasteiger charge is -2.39. The number of alkyl halides is 3. The van der Waals surface area contributed by atoms with Gasteiger partial charge in [-0.25, -0.2) is 4.79 Å². The van der Waals surface area contributed by atoms with Gasteiger partial charge >= 0.3 is 12.1 Å². The highest BCUT2D eigenvalue weighted by Gasteiger charge is 2.42. The first-order valence-corrected chi connectivity index (χ1v) is 11.0. The molecule has 32 heavy (non-hydrogen) atoms. The van der Waals surface area contributed by atoms with E-state index in [1.54, 1.807) is 7.11 Å². The van der Waals surface area contributed by atoms with Gasteiger partial charge < -0.3 is 14.7 Å². The molecule has 2 aliphatic heterocycles. The maximum atomic E-state index is 12.4. The van der Waals surface area contributed by atoms with Crippen LogP contribution in [0.2, 0.25) is 0 Å². The van der Waals surface area contributed by atoms with E-state index in [2.05, 4.69) is 28.0 Å². The van der Waals surface area contributed by atoms with Crippen molar-refractivity contribution in [1.82, 2.24) is 9.80 Å². The molecular formula is C23H31F3N2O4. The second-order valence-electron chi connectivity index (χ2n) is 9.14. The average Bonchev–Trinajstić information content (AvgIpc) is 3.47. The summed E-state index contributed by atoms with van der Waals surface area (Å²) in [5.74, 6) is -0.703. The van der Waals surface area contributed by atoms with Gasteiger partial charge in [0.2, 0.25) is 5.91 Å². The summed E-state index contributed by atoms with van der Waals surface area (Å²) >= 11 is 0. The minimum absolute atomic E-state index is 0.393. The highest BCUT2D eigenvalue weighted by atomic mass is 19.4. The normalized spacial score (nSPS) is 20.6. The Morgan fingerprint density at radius 2 is 1.78 bits per heavy atom. The molecule has 1 aliphatic carbocycles. The van der Waals surface area contributed by atoms with Crippen LogP contribution in [0.3, 0.4) is 0 Å². The Balaban J connectivity index is 0.000000360. The van der Waals surface area contributed by atoms with Gasteiger partial charge in [0.25, 0.3) is 0 Å². The molecule has 1 saturated carbocycles. The molecular weight excluding hydrogens is 425 g/mol. The Morgan fingerprint density at radius 3 is 2.34 bits per heavy atom. The Kier molecular flexibility index (Phi) is 7.69. The first-order chi connectivity index (χ1) is 15.1. The molecule has 2 saturated heterocycles. The first kappa shape index (κ1) is 24.4. The average molecular weight is 457 g/mol. The molecule has 4 rings (SSSR count). The molecule has 1 N–H and O–H groups in total. The van der Waals surface area contributed by atoms with Crippen LogP contribution in [0.4, 0.5) is 13.2 Å². The second-order valence-corrected chi connectivity index (χ2v) is 9.14. The topological polar surface area (TPSA) is 70.1 Å². The highest BCUT2D eigenvalue weighted by molar-refractivity contribution is 5.77. The van der Waals surface area contributed by atoms with Gasteiger partial charge in [-0.05, 0) is 74.2 Å². The Bertz CT molecular complexity index is 803. The van der Waals surface area contributed by atoms with Crippen molar-refractivity contribution >= 4 is 11.9 Å². The predicted molar refractivity (Wildman–Crippen MR) is 112 cm³/mol. The molecule has 1 aromatic carbocycles. The van der Waals surface area contributed by atoms with Crippen LogP contribution in [0, 0.1) is 11.3 Å². The fourth-order valence-electron chi connectivity index (χ4n) is 4.47. The zero-order chi connectivity index (χ0) is 23.4. The predicted octanol–water partition coefficient (Wildman–Crippen LogP) is 3.94.